The number of piperazine rings is 1. The van der Waals surface area contributed by atoms with E-state index in [1.165, 1.54) is 5.39 Å². The van der Waals surface area contributed by atoms with Crippen molar-refractivity contribution in [2.24, 2.45) is 0 Å². The van der Waals surface area contributed by atoms with Gasteiger partial charge in [0.05, 0.1) is 11.2 Å². The zero-order valence-electron chi connectivity index (χ0n) is 13.7. The molecule has 0 saturated carbocycles. The van der Waals surface area contributed by atoms with Crippen molar-refractivity contribution in [3.63, 3.8) is 0 Å². The number of carbonyl (C=O) groups excluding carboxylic acids is 1. The molecule has 124 valence electrons. The summed E-state index contributed by atoms with van der Waals surface area (Å²) in [5, 5.41) is 1.19. The largest absolute Gasteiger partial charge is 0.444 e. The number of benzene rings is 1. The van der Waals surface area contributed by atoms with Gasteiger partial charge in [-0.3, -0.25) is 0 Å². The number of H-pyrrole nitrogens is 1. The van der Waals surface area contributed by atoms with Crippen LogP contribution in [0.4, 0.5) is 10.5 Å². The van der Waals surface area contributed by atoms with E-state index in [9.17, 15) is 4.79 Å². The fraction of sp³-hybridized carbons (Fsp3) is 0.471. The summed E-state index contributed by atoms with van der Waals surface area (Å²) in [5.41, 5.74) is 1.84. The van der Waals surface area contributed by atoms with E-state index in [2.05, 4.69) is 44.0 Å². The molecule has 1 aromatic heterocycles. The molecule has 1 amide bonds. The number of fused-ring (bicyclic) bond motifs is 1. The summed E-state index contributed by atoms with van der Waals surface area (Å²) in [5.74, 6) is 0. The van der Waals surface area contributed by atoms with Crippen molar-refractivity contribution in [3.8, 4) is 0 Å². The standard InChI is InChI=1S/C17H22BrN3O2/c1-17(2,3)23-16(22)21-10-8-20(9-11-21)15-13(18)5-4-12-6-7-19-14(12)15/h4-7,19H,8-11H2,1-3H3. The second-order valence-corrected chi connectivity index (χ2v) is 7.65. The first-order valence-electron chi connectivity index (χ1n) is 7.83. The summed E-state index contributed by atoms with van der Waals surface area (Å²) >= 11 is 3.65. The average Bonchev–Trinajstić information content (AvgIpc) is 2.94. The van der Waals surface area contributed by atoms with Crippen LogP contribution in [0.5, 0.6) is 0 Å². The van der Waals surface area contributed by atoms with Gasteiger partial charge in [-0.1, -0.05) is 6.07 Å². The zero-order chi connectivity index (χ0) is 16.6. The third-order valence-corrected chi connectivity index (χ3v) is 4.54. The van der Waals surface area contributed by atoms with Crippen LogP contribution in [-0.4, -0.2) is 47.8 Å². The second-order valence-electron chi connectivity index (χ2n) is 6.79. The van der Waals surface area contributed by atoms with Crippen molar-refractivity contribution in [2.45, 2.75) is 26.4 Å². The van der Waals surface area contributed by atoms with E-state index in [0.717, 1.165) is 28.8 Å². The number of anilines is 1. The molecule has 1 aromatic carbocycles. The summed E-state index contributed by atoms with van der Waals surface area (Å²) < 4.78 is 6.52. The molecule has 0 spiro atoms. The molecule has 2 aromatic rings. The smallest absolute Gasteiger partial charge is 0.410 e. The molecule has 3 rings (SSSR count). The van der Waals surface area contributed by atoms with Crippen LogP contribution < -0.4 is 4.90 Å². The van der Waals surface area contributed by atoms with Crippen LogP contribution in [0, 0.1) is 0 Å². The van der Waals surface area contributed by atoms with Crippen LogP contribution in [-0.2, 0) is 4.74 Å². The quantitative estimate of drug-likeness (QED) is 0.814. The molecule has 6 heteroatoms. The second kappa shape index (κ2) is 6.07. The van der Waals surface area contributed by atoms with Gasteiger partial charge in [-0.05, 0) is 48.8 Å². The highest BCUT2D eigenvalue weighted by atomic mass is 79.9. The number of nitrogens with one attached hydrogen (secondary N) is 1. The molecule has 1 fully saturated rings. The Hall–Kier alpha value is -1.69. The summed E-state index contributed by atoms with van der Waals surface area (Å²) in [6.07, 6.45) is 1.73. The van der Waals surface area contributed by atoms with Crippen molar-refractivity contribution in [1.82, 2.24) is 9.88 Å². The molecule has 2 heterocycles. The Bertz CT molecular complexity index is 712. The first-order valence-corrected chi connectivity index (χ1v) is 8.63. The Balaban J connectivity index is 1.72. The zero-order valence-corrected chi connectivity index (χ0v) is 15.3. The fourth-order valence-corrected chi connectivity index (χ4v) is 3.42. The normalized spacial score (nSPS) is 16.0. The maximum Gasteiger partial charge on any atom is 0.410 e. The van der Waals surface area contributed by atoms with Crippen molar-refractivity contribution in [3.05, 3.63) is 28.9 Å². The molecule has 1 saturated heterocycles. The molecule has 5 nitrogen and oxygen atoms in total. The number of rotatable bonds is 1. The molecule has 0 atom stereocenters. The van der Waals surface area contributed by atoms with Crippen LogP contribution in [0.15, 0.2) is 28.9 Å². The number of aromatic nitrogens is 1. The van der Waals surface area contributed by atoms with Crippen LogP contribution in [0.1, 0.15) is 20.8 Å². The highest BCUT2D eigenvalue weighted by Gasteiger charge is 2.27. The van der Waals surface area contributed by atoms with Crippen molar-refractivity contribution >= 4 is 38.6 Å². The van der Waals surface area contributed by atoms with E-state index in [1.807, 2.05) is 27.0 Å². The average molecular weight is 380 g/mol. The predicted molar refractivity (Wildman–Crippen MR) is 96.0 cm³/mol. The Labute approximate surface area is 144 Å². The first kappa shape index (κ1) is 16.2. The van der Waals surface area contributed by atoms with Gasteiger partial charge in [-0.25, -0.2) is 4.79 Å². The lowest BCUT2D eigenvalue weighted by Gasteiger charge is -2.37. The Morgan fingerprint density at radius 1 is 1.17 bits per heavy atom. The topological polar surface area (TPSA) is 48.6 Å². The maximum absolute atomic E-state index is 12.2. The van der Waals surface area contributed by atoms with Crippen molar-refractivity contribution in [1.29, 1.82) is 0 Å². The van der Waals surface area contributed by atoms with E-state index in [-0.39, 0.29) is 6.09 Å². The monoisotopic (exact) mass is 379 g/mol. The Morgan fingerprint density at radius 3 is 2.52 bits per heavy atom. The van der Waals surface area contributed by atoms with Gasteiger partial charge in [0.2, 0.25) is 0 Å². The molecule has 23 heavy (non-hydrogen) atoms. The minimum Gasteiger partial charge on any atom is -0.444 e. The molecule has 1 aliphatic heterocycles. The van der Waals surface area contributed by atoms with Gasteiger partial charge < -0.3 is 19.5 Å². The maximum atomic E-state index is 12.2. The van der Waals surface area contributed by atoms with Crippen LogP contribution in [0.3, 0.4) is 0 Å². The number of nitrogens with zero attached hydrogens (tertiary/aromatic N) is 2. The lowest BCUT2D eigenvalue weighted by Crippen LogP contribution is -2.50. The van der Waals surface area contributed by atoms with Gasteiger partial charge in [-0.2, -0.15) is 0 Å². The molecule has 0 unspecified atom stereocenters. The van der Waals surface area contributed by atoms with Crippen molar-refractivity contribution in [2.75, 3.05) is 31.1 Å². The van der Waals surface area contributed by atoms with Crippen LogP contribution >= 0.6 is 15.9 Å². The number of amides is 1. The number of aromatic amines is 1. The van der Waals surface area contributed by atoms with E-state index >= 15 is 0 Å². The van der Waals surface area contributed by atoms with E-state index in [4.69, 9.17) is 4.74 Å². The summed E-state index contributed by atoms with van der Waals surface area (Å²) in [4.78, 5) is 19.6. The third kappa shape index (κ3) is 3.47. The molecule has 1 N–H and O–H groups in total. The minimum absolute atomic E-state index is 0.228. The fourth-order valence-electron chi connectivity index (χ4n) is 2.83. The van der Waals surface area contributed by atoms with Gasteiger partial charge in [0, 0.05) is 42.2 Å². The summed E-state index contributed by atoms with van der Waals surface area (Å²) in [6, 6.07) is 6.24. The summed E-state index contributed by atoms with van der Waals surface area (Å²) in [7, 11) is 0. The highest BCUT2D eigenvalue weighted by Crippen LogP contribution is 2.34. The third-order valence-electron chi connectivity index (χ3n) is 3.90. The van der Waals surface area contributed by atoms with Gasteiger partial charge in [-0.15, -0.1) is 0 Å². The number of halogens is 1. The molecule has 0 aliphatic carbocycles. The predicted octanol–water partition coefficient (Wildman–Crippen LogP) is 3.99. The Morgan fingerprint density at radius 2 is 1.87 bits per heavy atom. The number of ether oxygens (including phenoxy) is 1. The van der Waals surface area contributed by atoms with Gasteiger partial charge in [0.1, 0.15) is 5.60 Å². The lowest BCUT2D eigenvalue weighted by atomic mass is 10.2. The highest BCUT2D eigenvalue weighted by molar-refractivity contribution is 9.10. The number of hydrogen-bond acceptors (Lipinski definition) is 3. The van der Waals surface area contributed by atoms with Gasteiger partial charge >= 0.3 is 6.09 Å². The van der Waals surface area contributed by atoms with Crippen molar-refractivity contribution < 1.29 is 9.53 Å². The van der Waals surface area contributed by atoms with Gasteiger partial charge in [0.15, 0.2) is 0 Å². The molecular weight excluding hydrogens is 358 g/mol. The van der Waals surface area contributed by atoms with E-state index in [0.29, 0.717) is 13.1 Å². The molecule has 0 bridgehead atoms. The van der Waals surface area contributed by atoms with E-state index < -0.39 is 5.60 Å². The van der Waals surface area contributed by atoms with Crippen LogP contribution in [0.2, 0.25) is 0 Å². The van der Waals surface area contributed by atoms with E-state index in [1.54, 1.807) is 4.90 Å². The summed E-state index contributed by atoms with van der Waals surface area (Å²) in [6.45, 7) is 8.58. The minimum atomic E-state index is -0.451. The Kier molecular flexibility index (Phi) is 4.27. The first-order chi connectivity index (χ1) is 10.8. The van der Waals surface area contributed by atoms with Gasteiger partial charge in [0.25, 0.3) is 0 Å². The SMILES string of the molecule is CC(C)(C)OC(=O)N1CCN(c2c(Br)ccc3cc[nH]c23)CC1. The lowest BCUT2D eigenvalue weighted by molar-refractivity contribution is 0.0240. The number of carbonyl (C=O) groups is 1. The molecular formula is C17H22BrN3O2. The number of hydrogen-bond donors (Lipinski definition) is 1. The molecule has 0 radical (unpaired) electrons. The van der Waals surface area contributed by atoms with Crippen LogP contribution in [0.25, 0.3) is 10.9 Å². The molecule has 1 aliphatic rings.